The summed E-state index contributed by atoms with van der Waals surface area (Å²) in [4.78, 5) is 13.0. The molecule has 108 valence electrons. The summed E-state index contributed by atoms with van der Waals surface area (Å²) >= 11 is 1.35. The maximum atomic E-state index is 6.03. The van der Waals surface area contributed by atoms with E-state index in [0.29, 0.717) is 29.5 Å². The third kappa shape index (κ3) is 2.29. The summed E-state index contributed by atoms with van der Waals surface area (Å²) in [7, 11) is 0. The van der Waals surface area contributed by atoms with Gasteiger partial charge in [-0.3, -0.25) is 9.67 Å². The van der Waals surface area contributed by atoms with Crippen LogP contribution in [0.5, 0.6) is 0 Å². The predicted molar refractivity (Wildman–Crippen MR) is 84.2 cm³/mol. The summed E-state index contributed by atoms with van der Waals surface area (Å²) in [5.41, 5.74) is 8.21. The number of aromatic nitrogens is 6. The van der Waals surface area contributed by atoms with Crippen molar-refractivity contribution < 1.29 is 0 Å². The molecule has 0 saturated carbocycles. The average Bonchev–Trinajstić information content (AvgIpc) is 3.17. The van der Waals surface area contributed by atoms with Gasteiger partial charge in [-0.25, -0.2) is 9.97 Å². The van der Waals surface area contributed by atoms with Crippen molar-refractivity contribution in [2.75, 3.05) is 5.73 Å². The van der Waals surface area contributed by atoms with Crippen LogP contribution in [0.25, 0.3) is 22.6 Å². The van der Waals surface area contributed by atoms with Crippen LogP contribution in [0.3, 0.4) is 0 Å². The Bertz CT molecular complexity index is 915. The van der Waals surface area contributed by atoms with Gasteiger partial charge in [0.05, 0.1) is 17.6 Å². The van der Waals surface area contributed by atoms with Crippen LogP contribution in [-0.4, -0.2) is 29.1 Å². The van der Waals surface area contributed by atoms with Gasteiger partial charge in [0.25, 0.3) is 0 Å². The van der Waals surface area contributed by atoms with Crippen molar-refractivity contribution in [1.82, 2.24) is 29.1 Å². The van der Waals surface area contributed by atoms with Gasteiger partial charge in [0.15, 0.2) is 11.5 Å². The zero-order chi connectivity index (χ0) is 14.9. The molecule has 0 unspecified atom stereocenters. The highest BCUT2D eigenvalue weighted by Crippen LogP contribution is 2.22. The quantitative estimate of drug-likeness (QED) is 0.621. The van der Waals surface area contributed by atoms with Gasteiger partial charge < -0.3 is 5.73 Å². The first-order valence-corrected chi connectivity index (χ1v) is 7.44. The van der Waals surface area contributed by atoms with Crippen molar-refractivity contribution in [2.24, 2.45) is 0 Å². The Morgan fingerprint density at radius 2 is 2.14 bits per heavy atom. The lowest BCUT2D eigenvalue weighted by atomic mass is 10.3. The van der Waals surface area contributed by atoms with Gasteiger partial charge in [0, 0.05) is 17.8 Å². The molecule has 4 heterocycles. The zero-order valence-corrected chi connectivity index (χ0v) is 12.2. The first-order valence-electron chi connectivity index (χ1n) is 6.61. The summed E-state index contributed by atoms with van der Waals surface area (Å²) in [6, 6.07) is 7.63. The first kappa shape index (κ1) is 12.8. The smallest absolute Gasteiger partial charge is 0.187 e. The van der Waals surface area contributed by atoms with E-state index in [1.807, 2.05) is 35.8 Å². The second-order valence-corrected chi connectivity index (χ2v) is 5.37. The average molecular weight is 309 g/mol. The van der Waals surface area contributed by atoms with Gasteiger partial charge in [0.2, 0.25) is 0 Å². The second kappa shape index (κ2) is 5.15. The van der Waals surface area contributed by atoms with Crippen molar-refractivity contribution >= 4 is 28.4 Å². The maximum Gasteiger partial charge on any atom is 0.187 e. The lowest BCUT2D eigenvalue weighted by molar-refractivity contribution is 0.679. The number of nitrogen functional groups attached to an aromatic ring is 1. The highest BCUT2D eigenvalue weighted by atomic mass is 32.1. The van der Waals surface area contributed by atoms with Crippen LogP contribution in [0.4, 0.5) is 5.82 Å². The molecule has 0 aromatic carbocycles. The summed E-state index contributed by atoms with van der Waals surface area (Å²) in [5, 5.41) is 7.07. The number of rotatable bonds is 3. The molecule has 0 saturated heterocycles. The molecule has 0 spiro atoms. The Balaban J connectivity index is 1.76. The molecular weight excluding hydrogens is 298 g/mol. The lowest BCUT2D eigenvalue weighted by Crippen LogP contribution is -2.01. The van der Waals surface area contributed by atoms with E-state index in [9.17, 15) is 0 Å². The summed E-state index contributed by atoms with van der Waals surface area (Å²) in [6.45, 7) is 0.558. The van der Waals surface area contributed by atoms with Crippen molar-refractivity contribution in [3.63, 3.8) is 0 Å². The molecule has 8 heteroatoms. The third-order valence-corrected chi connectivity index (χ3v) is 3.73. The third-order valence-electron chi connectivity index (χ3n) is 3.17. The van der Waals surface area contributed by atoms with Crippen molar-refractivity contribution in [3.8, 4) is 11.5 Å². The van der Waals surface area contributed by atoms with Gasteiger partial charge in [-0.15, -0.1) is 0 Å². The molecule has 0 bridgehead atoms. The molecule has 22 heavy (non-hydrogen) atoms. The van der Waals surface area contributed by atoms with Gasteiger partial charge in [-0.1, -0.05) is 6.07 Å². The Morgan fingerprint density at radius 1 is 1.18 bits per heavy atom. The van der Waals surface area contributed by atoms with Crippen LogP contribution in [-0.2, 0) is 6.54 Å². The van der Waals surface area contributed by atoms with Crippen molar-refractivity contribution in [2.45, 2.75) is 6.54 Å². The Labute approximate surface area is 129 Å². The topological polar surface area (TPSA) is 95.4 Å². The van der Waals surface area contributed by atoms with Gasteiger partial charge in [-0.05, 0) is 29.7 Å². The van der Waals surface area contributed by atoms with Crippen molar-refractivity contribution in [1.29, 1.82) is 0 Å². The number of nitrogens with two attached hydrogens (primary N) is 1. The number of hydrogen-bond acceptors (Lipinski definition) is 7. The number of hydrogen-bond donors (Lipinski definition) is 1. The molecule has 2 N–H and O–H groups in total. The van der Waals surface area contributed by atoms with Crippen LogP contribution in [0, 0.1) is 0 Å². The minimum atomic E-state index is 0.403. The minimum absolute atomic E-state index is 0.403. The molecule has 0 atom stereocenters. The summed E-state index contributed by atoms with van der Waals surface area (Å²) in [5.74, 6) is 0.898. The van der Waals surface area contributed by atoms with E-state index in [1.54, 1.807) is 10.9 Å². The zero-order valence-electron chi connectivity index (χ0n) is 11.4. The molecule has 4 aromatic rings. The Kier molecular flexibility index (Phi) is 3.01. The molecule has 0 aliphatic rings. The van der Waals surface area contributed by atoms with Crippen LogP contribution in [0.1, 0.15) is 5.69 Å². The normalized spacial score (nSPS) is 11.1. The fourth-order valence-electron chi connectivity index (χ4n) is 2.16. The SMILES string of the molecule is Nc1nc(-c2ccsn2)nc2nn(Cc3ccccn3)cc12. The number of anilines is 1. The fourth-order valence-corrected chi connectivity index (χ4v) is 2.66. The van der Waals surface area contributed by atoms with E-state index in [2.05, 4.69) is 24.4 Å². The molecule has 4 aromatic heterocycles. The van der Waals surface area contributed by atoms with Gasteiger partial charge in [0.1, 0.15) is 11.5 Å². The predicted octanol–water partition coefficient (Wildman–Crippen LogP) is 1.98. The minimum Gasteiger partial charge on any atom is -0.383 e. The molecule has 4 rings (SSSR count). The Hall–Kier alpha value is -2.87. The van der Waals surface area contributed by atoms with E-state index >= 15 is 0 Å². The fraction of sp³-hybridized carbons (Fsp3) is 0.0714. The van der Waals surface area contributed by atoms with Crippen LogP contribution >= 0.6 is 11.5 Å². The number of pyridine rings is 1. The van der Waals surface area contributed by atoms with Crippen LogP contribution in [0.15, 0.2) is 42.0 Å². The molecular formula is C14H11N7S. The highest BCUT2D eigenvalue weighted by Gasteiger charge is 2.12. The number of fused-ring (bicyclic) bond motifs is 1. The van der Waals surface area contributed by atoms with E-state index in [-0.39, 0.29) is 0 Å². The van der Waals surface area contributed by atoms with E-state index in [0.717, 1.165) is 11.1 Å². The van der Waals surface area contributed by atoms with Gasteiger partial charge in [-0.2, -0.15) is 9.47 Å². The van der Waals surface area contributed by atoms with Crippen LogP contribution in [0.2, 0.25) is 0 Å². The molecule has 0 aliphatic heterocycles. The van der Waals surface area contributed by atoms with Gasteiger partial charge >= 0.3 is 0 Å². The maximum absolute atomic E-state index is 6.03. The lowest BCUT2D eigenvalue weighted by Gasteiger charge is -1.98. The summed E-state index contributed by atoms with van der Waals surface area (Å²) in [6.07, 6.45) is 3.59. The molecule has 7 nitrogen and oxygen atoms in total. The largest absolute Gasteiger partial charge is 0.383 e. The van der Waals surface area contributed by atoms with E-state index < -0.39 is 0 Å². The number of nitrogens with zero attached hydrogens (tertiary/aromatic N) is 6. The standard InChI is InChI=1S/C14H11N7S/c15-12-10-8-21(7-9-3-1-2-5-16-9)19-13(10)18-14(17-12)11-4-6-22-20-11/h1-6,8H,7H2,(H2,15,17,18,19). The molecule has 0 aliphatic carbocycles. The summed E-state index contributed by atoms with van der Waals surface area (Å²) < 4.78 is 5.99. The van der Waals surface area contributed by atoms with E-state index in [4.69, 9.17) is 5.73 Å². The van der Waals surface area contributed by atoms with E-state index in [1.165, 1.54) is 11.5 Å². The molecule has 0 radical (unpaired) electrons. The second-order valence-electron chi connectivity index (χ2n) is 4.70. The van der Waals surface area contributed by atoms with Crippen molar-refractivity contribution in [3.05, 3.63) is 47.7 Å². The molecule has 0 amide bonds. The first-order chi connectivity index (χ1) is 10.8. The Morgan fingerprint density at radius 3 is 2.91 bits per heavy atom. The highest BCUT2D eigenvalue weighted by molar-refractivity contribution is 7.03. The van der Waals surface area contributed by atoms with Crippen LogP contribution < -0.4 is 5.73 Å². The monoisotopic (exact) mass is 309 g/mol. The molecule has 0 fully saturated rings.